The molecule has 0 saturated carbocycles. The quantitative estimate of drug-likeness (QED) is 0.752. The van der Waals surface area contributed by atoms with Crippen LogP contribution >= 0.6 is 0 Å². The van der Waals surface area contributed by atoms with E-state index in [4.69, 9.17) is 0 Å². The fourth-order valence-electron chi connectivity index (χ4n) is 2.57. The molecule has 2 aromatic carbocycles. The Morgan fingerprint density at radius 1 is 1.04 bits per heavy atom. The second kappa shape index (κ2) is 7.43. The van der Waals surface area contributed by atoms with Crippen molar-refractivity contribution in [1.82, 2.24) is 15.1 Å². The number of alkyl halides is 3. The van der Waals surface area contributed by atoms with Gasteiger partial charge in [0.05, 0.1) is 12.1 Å². The van der Waals surface area contributed by atoms with Gasteiger partial charge in [-0.25, -0.2) is 0 Å². The monoisotopic (exact) mass is 359 g/mol. The molecule has 7 heteroatoms. The lowest BCUT2D eigenvalue weighted by Crippen LogP contribution is -2.24. The summed E-state index contributed by atoms with van der Waals surface area (Å²) >= 11 is 0. The molecule has 1 aromatic heterocycles. The lowest BCUT2D eigenvalue weighted by Gasteiger charge is -2.13. The first-order chi connectivity index (χ1) is 12.4. The molecule has 3 rings (SSSR count). The summed E-state index contributed by atoms with van der Waals surface area (Å²) in [4.78, 5) is 12.2. The van der Waals surface area contributed by atoms with E-state index in [2.05, 4.69) is 10.4 Å². The molecule has 0 atom stereocenters. The summed E-state index contributed by atoms with van der Waals surface area (Å²) in [6, 6.07) is 13.9. The first-order valence-electron chi connectivity index (χ1n) is 7.93. The largest absolute Gasteiger partial charge is 0.416 e. The van der Waals surface area contributed by atoms with E-state index < -0.39 is 17.6 Å². The van der Waals surface area contributed by atoms with Crippen LogP contribution in [0.2, 0.25) is 0 Å². The average Bonchev–Trinajstić information content (AvgIpc) is 3.13. The first kappa shape index (κ1) is 17.7. The molecule has 0 radical (unpaired) electrons. The van der Waals surface area contributed by atoms with Crippen LogP contribution in [0.1, 0.15) is 27.0 Å². The highest BCUT2D eigenvalue weighted by Gasteiger charge is 2.32. The van der Waals surface area contributed by atoms with Crippen molar-refractivity contribution in [3.05, 3.63) is 89.2 Å². The van der Waals surface area contributed by atoms with E-state index in [9.17, 15) is 18.0 Å². The Bertz CT molecular complexity index is 872. The smallest absolute Gasteiger partial charge is 0.348 e. The maximum atomic E-state index is 13.0. The fraction of sp³-hybridized carbons (Fsp3) is 0.158. The zero-order valence-electron chi connectivity index (χ0n) is 13.7. The summed E-state index contributed by atoms with van der Waals surface area (Å²) < 4.78 is 40.7. The summed E-state index contributed by atoms with van der Waals surface area (Å²) in [7, 11) is 0. The minimum absolute atomic E-state index is 0.0312. The average molecular weight is 359 g/mol. The van der Waals surface area contributed by atoms with Crippen LogP contribution < -0.4 is 5.32 Å². The molecule has 26 heavy (non-hydrogen) atoms. The van der Waals surface area contributed by atoms with Crippen LogP contribution in [0.5, 0.6) is 0 Å². The Hall–Kier alpha value is -3.09. The highest BCUT2D eigenvalue weighted by Crippen LogP contribution is 2.31. The molecule has 1 amide bonds. The molecule has 0 bridgehead atoms. The lowest BCUT2D eigenvalue weighted by atomic mass is 10.1. The third-order valence-corrected chi connectivity index (χ3v) is 3.88. The number of rotatable bonds is 5. The van der Waals surface area contributed by atoms with E-state index in [-0.39, 0.29) is 12.1 Å². The molecule has 0 fully saturated rings. The number of aromatic nitrogens is 2. The van der Waals surface area contributed by atoms with E-state index >= 15 is 0 Å². The predicted octanol–water partition coefficient (Wildman–Crippen LogP) is 3.88. The number of hydrogen-bond donors (Lipinski definition) is 1. The molecular weight excluding hydrogens is 343 g/mol. The van der Waals surface area contributed by atoms with Crippen molar-refractivity contribution in [2.24, 2.45) is 0 Å². The number of benzene rings is 2. The summed E-state index contributed by atoms with van der Waals surface area (Å²) in [5, 5.41) is 6.64. The second-order valence-corrected chi connectivity index (χ2v) is 5.74. The van der Waals surface area contributed by atoms with Gasteiger partial charge in [0, 0.05) is 24.5 Å². The summed E-state index contributed by atoms with van der Waals surface area (Å²) in [5.74, 6) is -0.424. The van der Waals surface area contributed by atoms with Crippen LogP contribution in [0.4, 0.5) is 13.2 Å². The van der Waals surface area contributed by atoms with E-state index in [1.807, 2.05) is 12.3 Å². The number of hydrogen-bond acceptors (Lipinski definition) is 2. The van der Waals surface area contributed by atoms with Crippen LogP contribution in [0.15, 0.2) is 67.0 Å². The van der Waals surface area contributed by atoms with Crippen molar-refractivity contribution < 1.29 is 18.0 Å². The molecule has 0 aliphatic carbocycles. The van der Waals surface area contributed by atoms with E-state index in [0.29, 0.717) is 12.1 Å². The number of carbonyl (C=O) groups excluding carboxylic acids is 1. The SMILES string of the molecule is O=C(NCc1ccccc1C(F)(F)F)c1ccc(Cn2cccn2)cc1. The van der Waals surface area contributed by atoms with Gasteiger partial charge in [0.1, 0.15) is 0 Å². The Kier molecular flexibility index (Phi) is 5.06. The predicted molar refractivity (Wildman–Crippen MR) is 90.4 cm³/mol. The number of nitrogens with zero attached hydrogens (tertiary/aromatic N) is 2. The van der Waals surface area contributed by atoms with E-state index in [1.165, 1.54) is 18.2 Å². The van der Waals surface area contributed by atoms with Crippen molar-refractivity contribution in [2.75, 3.05) is 0 Å². The third-order valence-electron chi connectivity index (χ3n) is 3.88. The van der Waals surface area contributed by atoms with Crippen LogP contribution in [-0.2, 0) is 19.3 Å². The summed E-state index contributed by atoms with van der Waals surface area (Å²) in [6.45, 7) is 0.386. The topological polar surface area (TPSA) is 46.9 Å². The van der Waals surface area contributed by atoms with Crippen molar-refractivity contribution in [3.63, 3.8) is 0 Å². The van der Waals surface area contributed by atoms with Gasteiger partial charge < -0.3 is 5.32 Å². The van der Waals surface area contributed by atoms with Gasteiger partial charge in [-0.3, -0.25) is 9.48 Å². The van der Waals surface area contributed by atoms with Gasteiger partial charge >= 0.3 is 6.18 Å². The van der Waals surface area contributed by atoms with Crippen molar-refractivity contribution in [2.45, 2.75) is 19.3 Å². The Morgan fingerprint density at radius 3 is 2.42 bits per heavy atom. The Morgan fingerprint density at radius 2 is 1.77 bits per heavy atom. The first-order valence-corrected chi connectivity index (χ1v) is 7.93. The minimum Gasteiger partial charge on any atom is -0.348 e. The second-order valence-electron chi connectivity index (χ2n) is 5.74. The Balaban J connectivity index is 1.64. The van der Waals surface area contributed by atoms with Crippen LogP contribution in [0.25, 0.3) is 0 Å². The number of amides is 1. The fourth-order valence-corrected chi connectivity index (χ4v) is 2.57. The van der Waals surface area contributed by atoms with Gasteiger partial charge in [-0.2, -0.15) is 18.3 Å². The standard InChI is InChI=1S/C19H16F3N3O/c20-19(21,22)17-5-2-1-4-16(17)12-23-18(26)15-8-6-14(7-9-15)13-25-11-3-10-24-25/h1-11H,12-13H2,(H,23,26). The zero-order valence-corrected chi connectivity index (χ0v) is 13.7. The number of nitrogens with one attached hydrogen (secondary N) is 1. The zero-order chi connectivity index (χ0) is 18.6. The molecular formula is C19H16F3N3O. The summed E-state index contributed by atoms with van der Waals surface area (Å²) in [5.41, 5.74) is 0.643. The third kappa shape index (κ3) is 4.30. The maximum absolute atomic E-state index is 13.0. The van der Waals surface area contributed by atoms with Gasteiger partial charge in [-0.1, -0.05) is 30.3 Å². The van der Waals surface area contributed by atoms with Gasteiger partial charge in [-0.15, -0.1) is 0 Å². The normalized spacial score (nSPS) is 11.3. The molecule has 1 heterocycles. The van der Waals surface area contributed by atoms with Crippen LogP contribution in [0.3, 0.4) is 0 Å². The highest BCUT2D eigenvalue weighted by atomic mass is 19.4. The molecule has 0 saturated heterocycles. The molecule has 0 aliphatic rings. The number of carbonyl (C=O) groups is 1. The molecule has 0 unspecified atom stereocenters. The van der Waals surface area contributed by atoms with Crippen molar-refractivity contribution in [1.29, 1.82) is 0 Å². The molecule has 3 aromatic rings. The molecule has 0 spiro atoms. The molecule has 134 valence electrons. The Labute approximate surface area is 148 Å². The molecule has 1 N–H and O–H groups in total. The van der Waals surface area contributed by atoms with Crippen LogP contribution in [0, 0.1) is 0 Å². The van der Waals surface area contributed by atoms with Gasteiger partial charge in [0.25, 0.3) is 5.91 Å². The minimum atomic E-state index is -4.45. The highest BCUT2D eigenvalue weighted by molar-refractivity contribution is 5.94. The van der Waals surface area contributed by atoms with Crippen molar-refractivity contribution >= 4 is 5.91 Å². The lowest BCUT2D eigenvalue weighted by molar-refractivity contribution is -0.138. The van der Waals surface area contributed by atoms with E-state index in [0.717, 1.165) is 11.6 Å². The molecule has 4 nitrogen and oxygen atoms in total. The molecule has 0 aliphatic heterocycles. The van der Waals surface area contributed by atoms with Crippen LogP contribution in [-0.4, -0.2) is 15.7 Å². The summed E-state index contributed by atoms with van der Waals surface area (Å²) in [6.07, 6.45) is -0.936. The van der Waals surface area contributed by atoms with Gasteiger partial charge in [0.15, 0.2) is 0 Å². The van der Waals surface area contributed by atoms with Gasteiger partial charge in [-0.05, 0) is 35.4 Å². The number of halogens is 3. The van der Waals surface area contributed by atoms with E-state index in [1.54, 1.807) is 35.1 Å². The van der Waals surface area contributed by atoms with Gasteiger partial charge in [0.2, 0.25) is 0 Å². The van der Waals surface area contributed by atoms with Crippen molar-refractivity contribution in [3.8, 4) is 0 Å². The maximum Gasteiger partial charge on any atom is 0.416 e.